The minimum absolute atomic E-state index is 0.0760. The molecule has 5 nitrogen and oxygen atoms in total. The van der Waals surface area contributed by atoms with E-state index in [9.17, 15) is 13.2 Å². The third-order valence-electron chi connectivity index (χ3n) is 4.31. The Kier molecular flexibility index (Phi) is 5.17. The normalized spacial score (nSPS) is 20.6. The van der Waals surface area contributed by atoms with Crippen molar-refractivity contribution in [1.82, 2.24) is 9.62 Å². The molecule has 1 saturated heterocycles. The lowest BCUT2D eigenvalue weighted by Crippen LogP contribution is -2.41. The highest BCUT2D eigenvalue weighted by molar-refractivity contribution is 7.89. The molecule has 2 aromatic carbocycles. The number of hydrogen-bond acceptors (Lipinski definition) is 4. The van der Waals surface area contributed by atoms with Gasteiger partial charge >= 0.3 is 0 Å². The zero-order valence-electron chi connectivity index (χ0n) is 13.8. The van der Waals surface area contributed by atoms with Gasteiger partial charge in [0.05, 0.1) is 10.9 Å². The van der Waals surface area contributed by atoms with Crippen molar-refractivity contribution >= 4 is 28.6 Å². The van der Waals surface area contributed by atoms with Crippen molar-refractivity contribution in [3.63, 3.8) is 0 Å². The fourth-order valence-corrected chi connectivity index (χ4v) is 4.62. The highest BCUT2D eigenvalue weighted by atomic mass is 32.2. The molecular formula is C18H20N2O3S2. The lowest BCUT2D eigenvalue weighted by molar-refractivity contribution is -0.127. The van der Waals surface area contributed by atoms with Gasteiger partial charge in [-0.25, -0.2) is 13.1 Å². The molecule has 0 aromatic heterocycles. The van der Waals surface area contributed by atoms with E-state index < -0.39 is 16.1 Å². The predicted molar refractivity (Wildman–Crippen MR) is 101 cm³/mol. The van der Waals surface area contributed by atoms with Crippen LogP contribution in [0.4, 0.5) is 0 Å². The van der Waals surface area contributed by atoms with Gasteiger partial charge in [-0.15, -0.1) is 0 Å². The maximum absolute atomic E-state index is 12.6. The zero-order valence-corrected chi connectivity index (χ0v) is 15.5. The van der Waals surface area contributed by atoms with Crippen molar-refractivity contribution in [2.45, 2.75) is 23.1 Å². The number of carbonyl (C=O) groups is 1. The smallest absolute Gasteiger partial charge is 0.240 e. The minimum atomic E-state index is -3.66. The summed E-state index contributed by atoms with van der Waals surface area (Å²) in [4.78, 5) is 13.3. The fraction of sp³-hybridized carbons (Fsp3) is 0.278. The van der Waals surface area contributed by atoms with Crippen LogP contribution in [0.1, 0.15) is 6.92 Å². The Morgan fingerprint density at radius 3 is 2.20 bits per heavy atom. The summed E-state index contributed by atoms with van der Waals surface area (Å²) in [5.41, 5.74) is 1.98. The molecule has 25 heavy (non-hydrogen) atoms. The van der Waals surface area contributed by atoms with Crippen molar-refractivity contribution in [2.24, 2.45) is 0 Å². The SMILES string of the molecule is CC(=O)N1C[C@H](NS(=O)(=O)c2ccc(-c3ccccc3)cc2)[C@@H](S)C1. The molecule has 0 saturated carbocycles. The molecular weight excluding hydrogens is 356 g/mol. The Morgan fingerprint density at radius 1 is 1.04 bits per heavy atom. The van der Waals surface area contributed by atoms with Crippen molar-refractivity contribution in [3.8, 4) is 11.1 Å². The van der Waals surface area contributed by atoms with Gasteiger partial charge in [0.25, 0.3) is 0 Å². The molecule has 0 bridgehead atoms. The van der Waals surface area contributed by atoms with Crippen LogP contribution >= 0.6 is 12.6 Å². The lowest BCUT2D eigenvalue weighted by atomic mass is 10.1. The Hall–Kier alpha value is -1.83. The predicted octanol–water partition coefficient (Wildman–Crippen LogP) is 2.16. The number of nitrogens with zero attached hydrogens (tertiary/aromatic N) is 1. The Bertz CT molecular complexity index is 852. The van der Waals surface area contributed by atoms with Crippen LogP contribution in [0.5, 0.6) is 0 Å². The number of likely N-dealkylation sites (tertiary alicyclic amines) is 1. The molecule has 7 heteroatoms. The number of hydrogen-bond donors (Lipinski definition) is 2. The van der Waals surface area contributed by atoms with Crippen LogP contribution < -0.4 is 4.72 Å². The second-order valence-electron chi connectivity index (χ2n) is 6.11. The molecule has 0 spiro atoms. The molecule has 132 valence electrons. The standard InChI is InChI=1S/C18H20N2O3S2/c1-13(21)20-11-17(18(24)12-20)19-25(22,23)16-9-7-15(8-10-16)14-5-3-2-4-6-14/h2-10,17-19,24H,11-12H2,1H3/t17-,18-/m0/s1. The quantitative estimate of drug-likeness (QED) is 0.804. The average molecular weight is 377 g/mol. The Morgan fingerprint density at radius 2 is 1.64 bits per heavy atom. The van der Waals surface area contributed by atoms with Gasteiger partial charge in [-0.3, -0.25) is 4.79 Å². The zero-order chi connectivity index (χ0) is 18.0. The lowest BCUT2D eigenvalue weighted by Gasteiger charge is -2.16. The third-order valence-corrected chi connectivity index (χ3v) is 6.34. The van der Waals surface area contributed by atoms with Crippen LogP contribution in [-0.2, 0) is 14.8 Å². The highest BCUT2D eigenvalue weighted by Crippen LogP contribution is 2.22. The van der Waals surface area contributed by atoms with Gasteiger partial charge in [0.15, 0.2) is 0 Å². The summed E-state index contributed by atoms with van der Waals surface area (Å²) < 4.78 is 27.9. The van der Waals surface area contributed by atoms with Gasteiger partial charge < -0.3 is 4.90 Å². The molecule has 2 aromatic rings. The molecule has 1 N–H and O–H groups in total. The molecule has 0 aliphatic carbocycles. The van der Waals surface area contributed by atoms with Gasteiger partial charge in [0.1, 0.15) is 0 Å². The maximum atomic E-state index is 12.6. The van der Waals surface area contributed by atoms with Crippen LogP contribution in [-0.4, -0.2) is 43.6 Å². The van der Waals surface area contributed by atoms with E-state index in [-0.39, 0.29) is 16.1 Å². The van der Waals surface area contributed by atoms with E-state index in [1.165, 1.54) is 6.92 Å². The summed E-state index contributed by atoms with van der Waals surface area (Å²) >= 11 is 4.41. The van der Waals surface area contributed by atoms with Gasteiger partial charge in [-0.05, 0) is 23.3 Å². The molecule has 1 aliphatic rings. The van der Waals surface area contributed by atoms with Crippen LogP contribution in [0, 0.1) is 0 Å². The van der Waals surface area contributed by atoms with Crippen LogP contribution in [0.3, 0.4) is 0 Å². The highest BCUT2D eigenvalue weighted by Gasteiger charge is 2.34. The van der Waals surface area contributed by atoms with Crippen molar-refractivity contribution < 1.29 is 13.2 Å². The molecule has 2 atom stereocenters. The first-order valence-electron chi connectivity index (χ1n) is 7.98. The van der Waals surface area contributed by atoms with E-state index >= 15 is 0 Å². The first-order chi connectivity index (χ1) is 11.9. The number of benzene rings is 2. The molecule has 1 heterocycles. The molecule has 0 unspecified atom stereocenters. The number of nitrogens with one attached hydrogen (secondary N) is 1. The van der Waals surface area contributed by atoms with E-state index in [1.54, 1.807) is 29.2 Å². The van der Waals surface area contributed by atoms with Gasteiger partial charge in [0.2, 0.25) is 15.9 Å². The first-order valence-corrected chi connectivity index (χ1v) is 9.98. The number of rotatable bonds is 4. The van der Waals surface area contributed by atoms with Gasteiger partial charge in [-0.2, -0.15) is 12.6 Å². The second-order valence-corrected chi connectivity index (χ2v) is 8.49. The van der Waals surface area contributed by atoms with E-state index in [0.717, 1.165) is 11.1 Å². The number of thiol groups is 1. The van der Waals surface area contributed by atoms with Crippen molar-refractivity contribution in [2.75, 3.05) is 13.1 Å². The van der Waals surface area contributed by atoms with E-state index in [4.69, 9.17) is 0 Å². The van der Waals surface area contributed by atoms with Gasteiger partial charge in [-0.1, -0.05) is 42.5 Å². The topological polar surface area (TPSA) is 66.5 Å². The Balaban J connectivity index is 1.75. The molecule has 3 rings (SSSR count). The second kappa shape index (κ2) is 7.19. The van der Waals surface area contributed by atoms with Crippen LogP contribution in [0.15, 0.2) is 59.5 Å². The van der Waals surface area contributed by atoms with Crippen molar-refractivity contribution in [1.29, 1.82) is 0 Å². The van der Waals surface area contributed by atoms with Gasteiger partial charge in [0, 0.05) is 25.3 Å². The molecule has 1 amide bonds. The number of amides is 1. The summed E-state index contributed by atoms with van der Waals surface area (Å²) in [7, 11) is -3.66. The number of carbonyl (C=O) groups excluding carboxylic acids is 1. The largest absolute Gasteiger partial charge is 0.340 e. The van der Waals surface area contributed by atoms with Crippen molar-refractivity contribution in [3.05, 3.63) is 54.6 Å². The monoisotopic (exact) mass is 376 g/mol. The number of sulfonamides is 1. The molecule has 1 fully saturated rings. The third kappa shape index (κ3) is 4.05. The van der Waals surface area contributed by atoms with E-state index in [2.05, 4.69) is 17.4 Å². The molecule has 0 radical (unpaired) electrons. The van der Waals surface area contributed by atoms with Crippen LogP contribution in [0.2, 0.25) is 0 Å². The minimum Gasteiger partial charge on any atom is -0.340 e. The van der Waals surface area contributed by atoms with Crippen LogP contribution in [0.25, 0.3) is 11.1 Å². The maximum Gasteiger partial charge on any atom is 0.240 e. The van der Waals surface area contributed by atoms with E-state index in [1.807, 2.05) is 30.3 Å². The van der Waals surface area contributed by atoms with E-state index in [0.29, 0.717) is 13.1 Å². The fourth-order valence-electron chi connectivity index (χ4n) is 2.88. The summed E-state index contributed by atoms with van der Waals surface area (Å²) in [6, 6.07) is 16.1. The average Bonchev–Trinajstić information content (AvgIpc) is 2.96. The summed E-state index contributed by atoms with van der Waals surface area (Å²) in [6.45, 7) is 2.25. The first kappa shape index (κ1) is 18.0. The summed E-state index contributed by atoms with van der Waals surface area (Å²) in [6.07, 6.45) is 0. The Labute approximate surface area is 153 Å². The molecule has 1 aliphatic heterocycles. The summed E-state index contributed by atoms with van der Waals surface area (Å²) in [5.74, 6) is -0.0760. The summed E-state index contributed by atoms with van der Waals surface area (Å²) in [5, 5.41) is -0.220.